The fourth-order valence-electron chi connectivity index (χ4n) is 3.42. The van der Waals surface area contributed by atoms with E-state index in [2.05, 4.69) is 20.4 Å². The number of nitrogens with zero attached hydrogens (tertiary/aromatic N) is 2. The van der Waals surface area contributed by atoms with E-state index in [1.54, 1.807) is 0 Å². The van der Waals surface area contributed by atoms with Crippen LogP contribution in [0.1, 0.15) is 12.0 Å². The largest absolute Gasteiger partial charge is 0.325 e. The highest BCUT2D eigenvalue weighted by molar-refractivity contribution is 6.31. The summed E-state index contributed by atoms with van der Waals surface area (Å²) >= 11 is 6.00. The van der Waals surface area contributed by atoms with E-state index in [9.17, 15) is 4.79 Å². The van der Waals surface area contributed by atoms with Crippen LogP contribution in [0.5, 0.6) is 0 Å². The number of carbonyl (C=O) groups excluding carboxylic acids is 1. The Kier molecular flexibility index (Phi) is 5.54. The average Bonchev–Trinajstić information content (AvgIpc) is 3.00. The number of benzene rings is 1. The predicted octanol–water partition coefficient (Wildman–Crippen LogP) is 1.57. The summed E-state index contributed by atoms with van der Waals surface area (Å²) in [5.74, 6) is 0.0383. The van der Waals surface area contributed by atoms with E-state index in [0.717, 1.165) is 56.9 Å². The molecule has 1 aromatic carbocycles. The first-order valence-electron chi connectivity index (χ1n) is 8.35. The normalized spacial score (nSPS) is 23.1. The Balaban J connectivity index is 1.49. The zero-order chi connectivity index (χ0) is 16.2. The van der Waals surface area contributed by atoms with E-state index in [0.29, 0.717) is 17.6 Å². The van der Waals surface area contributed by atoms with Gasteiger partial charge in [-0.15, -0.1) is 0 Å². The Bertz CT molecular complexity index is 560. The van der Waals surface area contributed by atoms with Gasteiger partial charge in [0.2, 0.25) is 5.91 Å². The number of piperazine rings is 1. The maximum absolute atomic E-state index is 12.3. The number of carbonyl (C=O) groups is 1. The smallest absolute Gasteiger partial charge is 0.238 e. The van der Waals surface area contributed by atoms with Crippen LogP contribution in [0, 0.1) is 6.92 Å². The van der Waals surface area contributed by atoms with Crippen molar-refractivity contribution in [1.29, 1.82) is 0 Å². The third-order valence-corrected chi connectivity index (χ3v) is 4.99. The lowest BCUT2D eigenvalue weighted by Crippen LogP contribution is -2.49. The van der Waals surface area contributed by atoms with Crippen LogP contribution >= 0.6 is 11.6 Å². The molecule has 0 aromatic heterocycles. The number of nitrogens with one attached hydrogen (secondary N) is 2. The Hall–Kier alpha value is -1.14. The molecule has 2 saturated heterocycles. The lowest BCUT2D eigenvalue weighted by atomic mass is 10.2. The number of hydrogen-bond donors (Lipinski definition) is 2. The van der Waals surface area contributed by atoms with Crippen LogP contribution in [0.15, 0.2) is 18.2 Å². The minimum absolute atomic E-state index is 0.0383. The molecule has 6 heteroatoms. The van der Waals surface area contributed by atoms with Crippen LogP contribution in [0.25, 0.3) is 0 Å². The molecule has 0 saturated carbocycles. The number of hydrogen-bond acceptors (Lipinski definition) is 4. The summed E-state index contributed by atoms with van der Waals surface area (Å²) in [5, 5.41) is 7.02. The third kappa shape index (κ3) is 4.44. The highest BCUT2D eigenvalue weighted by atomic mass is 35.5. The first kappa shape index (κ1) is 16.7. The highest BCUT2D eigenvalue weighted by Gasteiger charge is 2.29. The molecule has 2 aliphatic heterocycles. The SMILES string of the molecule is Cc1ccc(Cl)cc1NC(=O)CN1CCC(N2CCNCC2)C1. The van der Waals surface area contributed by atoms with Crippen LogP contribution in [-0.4, -0.2) is 67.6 Å². The second-order valence-corrected chi connectivity index (χ2v) is 6.91. The van der Waals surface area contributed by atoms with Gasteiger partial charge in [0.1, 0.15) is 0 Å². The van der Waals surface area contributed by atoms with Gasteiger partial charge in [-0.3, -0.25) is 14.6 Å². The number of halogens is 1. The molecule has 1 unspecified atom stereocenters. The third-order valence-electron chi connectivity index (χ3n) is 4.76. The Morgan fingerprint density at radius 1 is 1.35 bits per heavy atom. The second kappa shape index (κ2) is 7.62. The molecule has 0 spiro atoms. The van der Waals surface area contributed by atoms with Gasteiger partial charge in [-0.1, -0.05) is 17.7 Å². The van der Waals surface area contributed by atoms with Crippen LogP contribution in [0.4, 0.5) is 5.69 Å². The minimum Gasteiger partial charge on any atom is -0.325 e. The first-order valence-corrected chi connectivity index (χ1v) is 8.73. The molecule has 3 rings (SSSR count). The molecule has 1 atom stereocenters. The number of aryl methyl sites for hydroxylation is 1. The van der Waals surface area contributed by atoms with Crippen molar-refractivity contribution in [3.63, 3.8) is 0 Å². The van der Waals surface area contributed by atoms with Crippen molar-refractivity contribution in [3.8, 4) is 0 Å². The molecule has 1 aromatic rings. The van der Waals surface area contributed by atoms with Gasteiger partial charge in [-0.25, -0.2) is 0 Å². The Labute approximate surface area is 143 Å². The monoisotopic (exact) mass is 336 g/mol. The van der Waals surface area contributed by atoms with E-state index >= 15 is 0 Å². The van der Waals surface area contributed by atoms with E-state index < -0.39 is 0 Å². The molecule has 0 bridgehead atoms. The number of rotatable bonds is 4. The van der Waals surface area contributed by atoms with Gasteiger partial charge < -0.3 is 10.6 Å². The van der Waals surface area contributed by atoms with Crippen molar-refractivity contribution in [1.82, 2.24) is 15.1 Å². The molecule has 126 valence electrons. The Morgan fingerprint density at radius 2 is 2.13 bits per heavy atom. The topological polar surface area (TPSA) is 47.6 Å². The van der Waals surface area contributed by atoms with Crippen molar-refractivity contribution >= 4 is 23.2 Å². The van der Waals surface area contributed by atoms with Crippen molar-refractivity contribution in [3.05, 3.63) is 28.8 Å². The van der Waals surface area contributed by atoms with Crippen LogP contribution in [0.3, 0.4) is 0 Å². The molecule has 2 fully saturated rings. The second-order valence-electron chi connectivity index (χ2n) is 6.47. The van der Waals surface area contributed by atoms with Crippen LogP contribution in [0.2, 0.25) is 5.02 Å². The van der Waals surface area contributed by atoms with Crippen molar-refractivity contribution in [2.75, 3.05) is 51.1 Å². The highest BCUT2D eigenvalue weighted by Crippen LogP contribution is 2.21. The summed E-state index contributed by atoms with van der Waals surface area (Å²) in [6.45, 7) is 8.80. The first-order chi connectivity index (χ1) is 11.1. The predicted molar refractivity (Wildman–Crippen MR) is 94.1 cm³/mol. The number of likely N-dealkylation sites (tertiary alicyclic amines) is 1. The molecule has 1 amide bonds. The fraction of sp³-hybridized carbons (Fsp3) is 0.588. The quantitative estimate of drug-likeness (QED) is 0.876. The molecule has 0 aliphatic carbocycles. The van der Waals surface area contributed by atoms with E-state index in [-0.39, 0.29) is 5.91 Å². The van der Waals surface area contributed by atoms with Gasteiger partial charge in [0, 0.05) is 56.0 Å². The standard InChI is InChI=1S/C17H25ClN4O/c1-13-2-3-14(18)10-16(13)20-17(23)12-21-7-4-15(11-21)22-8-5-19-6-9-22/h2-3,10,15,19H,4-9,11-12H2,1H3,(H,20,23). The van der Waals surface area contributed by atoms with Gasteiger partial charge in [0.25, 0.3) is 0 Å². The summed E-state index contributed by atoms with van der Waals surface area (Å²) in [4.78, 5) is 17.1. The van der Waals surface area contributed by atoms with Gasteiger partial charge in [-0.2, -0.15) is 0 Å². The zero-order valence-electron chi connectivity index (χ0n) is 13.6. The number of amides is 1. The zero-order valence-corrected chi connectivity index (χ0v) is 14.4. The van der Waals surface area contributed by atoms with Crippen molar-refractivity contribution in [2.24, 2.45) is 0 Å². The molecule has 0 radical (unpaired) electrons. The van der Waals surface area contributed by atoms with Gasteiger partial charge in [0.05, 0.1) is 6.54 Å². The Morgan fingerprint density at radius 3 is 2.91 bits per heavy atom. The molecule has 23 heavy (non-hydrogen) atoms. The van der Waals surface area contributed by atoms with Crippen LogP contribution in [-0.2, 0) is 4.79 Å². The lowest BCUT2D eigenvalue weighted by molar-refractivity contribution is -0.117. The molecular weight excluding hydrogens is 312 g/mol. The van der Waals surface area contributed by atoms with Gasteiger partial charge in [0.15, 0.2) is 0 Å². The molecule has 2 heterocycles. The maximum Gasteiger partial charge on any atom is 0.238 e. The summed E-state index contributed by atoms with van der Waals surface area (Å²) in [5.41, 5.74) is 1.84. The molecule has 2 aliphatic rings. The van der Waals surface area contributed by atoms with Gasteiger partial charge >= 0.3 is 0 Å². The number of anilines is 1. The summed E-state index contributed by atoms with van der Waals surface area (Å²) in [6, 6.07) is 6.17. The summed E-state index contributed by atoms with van der Waals surface area (Å²) < 4.78 is 0. The van der Waals surface area contributed by atoms with E-state index in [1.165, 1.54) is 0 Å². The minimum atomic E-state index is 0.0383. The van der Waals surface area contributed by atoms with Crippen molar-refractivity contribution in [2.45, 2.75) is 19.4 Å². The molecule has 5 nitrogen and oxygen atoms in total. The van der Waals surface area contributed by atoms with E-state index in [1.807, 2.05) is 25.1 Å². The average molecular weight is 337 g/mol. The van der Waals surface area contributed by atoms with Crippen molar-refractivity contribution < 1.29 is 4.79 Å². The lowest BCUT2D eigenvalue weighted by Gasteiger charge is -2.32. The van der Waals surface area contributed by atoms with Gasteiger partial charge in [-0.05, 0) is 31.0 Å². The fourth-order valence-corrected chi connectivity index (χ4v) is 3.59. The van der Waals surface area contributed by atoms with Crippen LogP contribution < -0.4 is 10.6 Å². The molecular formula is C17H25ClN4O. The maximum atomic E-state index is 12.3. The summed E-state index contributed by atoms with van der Waals surface area (Å²) in [6.07, 6.45) is 1.16. The summed E-state index contributed by atoms with van der Waals surface area (Å²) in [7, 11) is 0. The van der Waals surface area contributed by atoms with E-state index in [4.69, 9.17) is 11.6 Å². The molecule has 2 N–H and O–H groups in total.